The lowest BCUT2D eigenvalue weighted by atomic mass is 10.0. The molecule has 0 amide bonds. The van der Waals surface area contributed by atoms with E-state index in [1.165, 1.54) is 6.07 Å². The molecule has 0 aliphatic heterocycles. The summed E-state index contributed by atoms with van der Waals surface area (Å²) in [4.78, 5) is 0. The SMILES string of the molecule is CC(C)c1cc(N)cc(F)c1OC(F)(F)F. The first kappa shape index (κ1) is 12.6. The summed E-state index contributed by atoms with van der Waals surface area (Å²) < 4.78 is 53.1. The van der Waals surface area contributed by atoms with Crippen molar-refractivity contribution in [2.24, 2.45) is 0 Å². The van der Waals surface area contributed by atoms with Crippen molar-refractivity contribution in [2.45, 2.75) is 26.1 Å². The minimum atomic E-state index is -4.92. The Hall–Kier alpha value is -1.46. The van der Waals surface area contributed by atoms with Crippen molar-refractivity contribution in [2.75, 3.05) is 5.73 Å². The molecule has 1 aromatic rings. The zero-order chi connectivity index (χ0) is 12.5. The van der Waals surface area contributed by atoms with Crippen LogP contribution in [-0.2, 0) is 0 Å². The highest BCUT2D eigenvalue weighted by Crippen LogP contribution is 2.35. The summed E-state index contributed by atoms with van der Waals surface area (Å²) in [5.41, 5.74) is 5.51. The fourth-order valence-electron chi connectivity index (χ4n) is 1.29. The fourth-order valence-corrected chi connectivity index (χ4v) is 1.29. The summed E-state index contributed by atoms with van der Waals surface area (Å²) in [7, 11) is 0. The first-order valence-electron chi connectivity index (χ1n) is 4.55. The summed E-state index contributed by atoms with van der Waals surface area (Å²) in [5.74, 6) is -2.24. The van der Waals surface area contributed by atoms with E-state index in [1.807, 2.05) is 0 Å². The summed E-state index contributed by atoms with van der Waals surface area (Å²) >= 11 is 0. The van der Waals surface area contributed by atoms with Crippen LogP contribution in [0.15, 0.2) is 12.1 Å². The van der Waals surface area contributed by atoms with E-state index in [0.717, 1.165) is 6.07 Å². The maximum atomic E-state index is 13.3. The second kappa shape index (κ2) is 4.19. The van der Waals surface area contributed by atoms with Crippen LogP contribution in [0, 0.1) is 5.82 Å². The van der Waals surface area contributed by atoms with E-state index in [1.54, 1.807) is 13.8 Å². The number of hydrogen-bond donors (Lipinski definition) is 1. The first-order chi connectivity index (χ1) is 7.20. The van der Waals surface area contributed by atoms with Gasteiger partial charge in [0.05, 0.1) is 0 Å². The lowest BCUT2D eigenvalue weighted by Crippen LogP contribution is -2.19. The van der Waals surface area contributed by atoms with Gasteiger partial charge < -0.3 is 10.5 Å². The summed E-state index contributed by atoms with van der Waals surface area (Å²) in [5, 5.41) is 0. The molecule has 0 radical (unpaired) electrons. The van der Waals surface area contributed by atoms with Crippen LogP contribution in [0.2, 0.25) is 0 Å². The maximum absolute atomic E-state index is 13.3. The molecule has 90 valence electrons. The Bertz CT molecular complexity index is 387. The van der Waals surface area contributed by atoms with Gasteiger partial charge in [-0.3, -0.25) is 0 Å². The largest absolute Gasteiger partial charge is 0.573 e. The number of benzene rings is 1. The van der Waals surface area contributed by atoms with Gasteiger partial charge >= 0.3 is 6.36 Å². The van der Waals surface area contributed by atoms with E-state index in [4.69, 9.17) is 5.73 Å². The molecule has 0 fully saturated rings. The van der Waals surface area contributed by atoms with Crippen LogP contribution in [0.4, 0.5) is 23.2 Å². The molecular formula is C10H11F4NO. The number of hydrogen-bond acceptors (Lipinski definition) is 2. The number of rotatable bonds is 2. The molecular weight excluding hydrogens is 226 g/mol. The predicted molar refractivity (Wildman–Crippen MR) is 51.6 cm³/mol. The second-order valence-corrected chi connectivity index (χ2v) is 3.62. The number of nitrogen functional groups attached to an aromatic ring is 1. The van der Waals surface area contributed by atoms with E-state index in [0.29, 0.717) is 0 Å². The van der Waals surface area contributed by atoms with Gasteiger partial charge in [0.1, 0.15) is 0 Å². The smallest absolute Gasteiger partial charge is 0.402 e. The minimum Gasteiger partial charge on any atom is -0.402 e. The van der Waals surface area contributed by atoms with E-state index in [2.05, 4.69) is 4.74 Å². The van der Waals surface area contributed by atoms with E-state index < -0.39 is 17.9 Å². The van der Waals surface area contributed by atoms with Gasteiger partial charge in [0.15, 0.2) is 11.6 Å². The number of nitrogens with two attached hydrogens (primary N) is 1. The van der Waals surface area contributed by atoms with Gasteiger partial charge in [-0.15, -0.1) is 13.2 Å². The minimum absolute atomic E-state index is 0.0655. The molecule has 2 N–H and O–H groups in total. The highest BCUT2D eigenvalue weighted by Gasteiger charge is 2.34. The molecule has 1 aromatic carbocycles. The van der Waals surface area contributed by atoms with Gasteiger partial charge in [-0.1, -0.05) is 13.8 Å². The molecule has 0 heterocycles. The predicted octanol–water partition coefficient (Wildman–Crippen LogP) is 3.43. The summed E-state index contributed by atoms with van der Waals surface area (Å²) in [6.45, 7) is 3.24. The first-order valence-corrected chi connectivity index (χ1v) is 4.55. The Morgan fingerprint density at radius 1 is 1.25 bits per heavy atom. The Balaban J connectivity index is 3.25. The summed E-state index contributed by atoms with van der Waals surface area (Å²) in [6.07, 6.45) is -4.92. The van der Waals surface area contributed by atoms with Crippen LogP contribution in [0.25, 0.3) is 0 Å². The molecule has 0 spiro atoms. The van der Waals surface area contributed by atoms with Crippen molar-refractivity contribution in [1.29, 1.82) is 0 Å². The van der Waals surface area contributed by atoms with Crippen LogP contribution in [0.3, 0.4) is 0 Å². The topological polar surface area (TPSA) is 35.2 Å². The number of anilines is 1. The molecule has 2 nitrogen and oxygen atoms in total. The van der Waals surface area contributed by atoms with E-state index in [9.17, 15) is 17.6 Å². The quantitative estimate of drug-likeness (QED) is 0.631. The Labute approximate surface area is 90.0 Å². The standard InChI is InChI=1S/C10H11F4NO/c1-5(2)7-3-6(15)4-8(11)9(7)16-10(12,13)14/h3-5H,15H2,1-2H3. The highest BCUT2D eigenvalue weighted by atomic mass is 19.4. The van der Waals surface area contributed by atoms with Crippen molar-refractivity contribution in [1.82, 2.24) is 0 Å². The number of alkyl halides is 3. The third kappa shape index (κ3) is 3.01. The zero-order valence-corrected chi connectivity index (χ0v) is 8.73. The van der Waals surface area contributed by atoms with Gasteiger partial charge in [-0.2, -0.15) is 0 Å². The molecule has 6 heteroatoms. The zero-order valence-electron chi connectivity index (χ0n) is 8.73. The van der Waals surface area contributed by atoms with Gasteiger partial charge in [-0.05, 0) is 12.0 Å². The van der Waals surface area contributed by atoms with Crippen LogP contribution in [-0.4, -0.2) is 6.36 Å². The Morgan fingerprint density at radius 2 is 1.81 bits per heavy atom. The average Bonchev–Trinajstić information content (AvgIpc) is 2.07. The molecule has 0 unspecified atom stereocenters. The Morgan fingerprint density at radius 3 is 2.25 bits per heavy atom. The van der Waals surface area contributed by atoms with E-state index >= 15 is 0 Å². The lowest BCUT2D eigenvalue weighted by Gasteiger charge is -2.16. The van der Waals surface area contributed by atoms with E-state index in [-0.39, 0.29) is 17.2 Å². The van der Waals surface area contributed by atoms with Crippen molar-refractivity contribution < 1.29 is 22.3 Å². The molecule has 0 bridgehead atoms. The van der Waals surface area contributed by atoms with Crippen LogP contribution in [0.5, 0.6) is 5.75 Å². The molecule has 0 aliphatic rings. The second-order valence-electron chi connectivity index (χ2n) is 3.62. The average molecular weight is 237 g/mol. The Kier molecular flexibility index (Phi) is 3.30. The van der Waals surface area contributed by atoms with Gasteiger partial charge in [0.2, 0.25) is 0 Å². The van der Waals surface area contributed by atoms with Crippen molar-refractivity contribution >= 4 is 5.69 Å². The molecule has 0 aromatic heterocycles. The molecule has 0 saturated heterocycles. The van der Waals surface area contributed by atoms with Crippen LogP contribution in [0.1, 0.15) is 25.3 Å². The molecule has 0 atom stereocenters. The maximum Gasteiger partial charge on any atom is 0.573 e. The van der Waals surface area contributed by atoms with Gasteiger partial charge in [0, 0.05) is 17.3 Å². The van der Waals surface area contributed by atoms with Crippen LogP contribution < -0.4 is 10.5 Å². The van der Waals surface area contributed by atoms with Gasteiger partial charge in [-0.25, -0.2) is 4.39 Å². The highest BCUT2D eigenvalue weighted by molar-refractivity contribution is 5.50. The molecule has 0 aliphatic carbocycles. The van der Waals surface area contributed by atoms with Crippen molar-refractivity contribution in [3.8, 4) is 5.75 Å². The monoisotopic (exact) mass is 237 g/mol. The van der Waals surface area contributed by atoms with Crippen molar-refractivity contribution in [3.63, 3.8) is 0 Å². The molecule has 16 heavy (non-hydrogen) atoms. The molecule has 1 rings (SSSR count). The normalized spacial score (nSPS) is 11.9. The lowest BCUT2D eigenvalue weighted by molar-refractivity contribution is -0.275. The van der Waals surface area contributed by atoms with Gasteiger partial charge in [0.25, 0.3) is 0 Å². The fraction of sp³-hybridized carbons (Fsp3) is 0.400. The summed E-state index contributed by atoms with van der Waals surface area (Å²) in [6, 6.07) is 2.07. The van der Waals surface area contributed by atoms with Crippen molar-refractivity contribution in [3.05, 3.63) is 23.5 Å². The molecule has 0 saturated carbocycles. The number of halogens is 4. The van der Waals surface area contributed by atoms with Crippen LogP contribution >= 0.6 is 0 Å². The third-order valence-corrected chi connectivity index (χ3v) is 1.93. The third-order valence-electron chi connectivity index (χ3n) is 1.93. The number of ether oxygens (including phenoxy) is 1.